The van der Waals surface area contributed by atoms with E-state index in [0.29, 0.717) is 80.0 Å². The Bertz CT molecular complexity index is 1480. The predicted octanol–water partition coefficient (Wildman–Crippen LogP) is 4.87. The molecule has 4 amide bonds. The zero-order chi connectivity index (χ0) is 40.6. The first-order valence-electron chi connectivity index (χ1n) is 18.4. The monoisotopic (exact) mass is 810 g/mol. The number of carbonyl (C=O) groups is 5. The summed E-state index contributed by atoms with van der Waals surface area (Å²) < 4.78 is 21.0. The van der Waals surface area contributed by atoms with Crippen molar-refractivity contribution in [3.05, 3.63) is 58.2 Å². The van der Waals surface area contributed by atoms with Crippen molar-refractivity contribution in [2.45, 2.75) is 89.8 Å². The highest BCUT2D eigenvalue weighted by Gasteiger charge is 2.27. The van der Waals surface area contributed by atoms with Crippen molar-refractivity contribution in [3.63, 3.8) is 0 Å². The SMILES string of the molecule is COC(=O)CC(NC(=O)C(CCCCNC(=O)CCOCCOCCN)NC(=O)CCCCN(C(=O)OC(C)(C)C)c1ccccn1)c1cc(Cl)cc(Cl)c1. The fourth-order valence-electron chi connectivity index (χ4n) is 5.13. The first-order valence-corrected chi connectivity index (χ1v) is 19.1. The lowest BCUT2D eigenvalue weighted by Gasteiger charge is -2.26. The van der Waals surface area contributed by atoms with Crippen molar-refractivity contribution in [2.75, 3.05) is 58.1 Å². The maximum Gasteiger partial charge on any atom is 0.416 e. The molecule has 2 aromatic rings. The Kier molecular flexibility index (Phi) is 22.2. The number of esters is 1. The number of nitrogens with one attached hydrogen (secondary N) is 3. The van der Waals surface area contributed by atoms with E-state index in [1.165, 1.54) is 18.1 Å². The summed E-state index contributed by atoms with van der Waals surface area (Å²) in [6, 6.07) is 8.09. The molecule has 0 saturated carbocycles. The first-order chi connectivity index (χ1) is 26.2. The van der Waals surface area contributed by atoms with Crippen molar-refractivity contribution < 1.29 is 42.9 Å². The number of methoxy groups -OCH3 is 1. The summed E-state index contributed by atoms with van der Waals surface area (Å²) in [5.74, 6) is -1.23. The summed E-state index contributed by atoms with van der Waals surface area (Å²) in [5, 5.41) is 9.15. The number of hydrogen-bond donors (Lipinski definition) is 4. The minimum Gasteiger partial charge on any atom is -0.469 e. The molecule has 2 atom stereocenters. The van der Waals surface area contributed by atoms with E-state index in [4.69, 9.17) is 47.9 Å². The molecule has 0 radical (unpaired) electrons. The van der Waals surface area contributed by atoms with Gasteiger partial charge in [-0.2, -0.15) is 0 Å². The van der Waals surface area contributed by atoms with Gasteiger partial charge in [0, 0.05) is 48.7 Å². The van der Waals surface area contributed by atoms with E-state index in [9.17, 15) is 24.0 Å². The average molecular weight is 812 g/mol. The molecule has 2 unspecified atom stereocenters. The number of unbranched alkanes of at least 4 members (excludes halogenated alkanes) is 2. The van der Waals surface area contributed by atoms with E-state index in [0.717, 1.165) is 0 Å². The summed E-state index contributed by atoms with van der Waals surface area (Å²) in [5.41, 5.74) is 5.14. The van der Waals surface area contributed by atoms with Crippen molar-refractivity contribution in [3.8, 4) is 0 Å². The molecule has 2 rings (SSSR count). The molecule has 0 saturated heterocycles. The van der Waals surface area contributed by atoms with Crippen LogP contribution in [0.2, 0.25) is 10.0 Å². The smallest absolute Gasteiger partial charge is 0.416 e. The average Bonchev–Trinajstić information content (AvgIpc) is 3.12. The van der Waals surface area contributed by atoms with Gasteiger partial charge in [0.05, 0.1) is 46.0 Å². The second-order valence-corrected chi connectivity index (χ2v) is 14.4. The van der Waals surface area contributed by atoms with E-state index in [1.54, 1.807) is 57.3 Å². The lowest BCUT2D eigenvalue weighted by Crippen LogP contribution is -2.48. The first kappa shape index (κ1) is 47.1. The van der Waals surface area contributed by atoms with Gasteiger partial charge in [-0.05, 0) is 88.8 Å². The summed E-state index contributed by atoms with van der Waals surface area (Å²) in [6.45, 7) is 7.83. The summed E-state index contributed by atoms with van der Waals surface area (Å²) in [4.78, 5) is 70.2. The van der Waals surface area contributed by atoms with Gasteiger partial charge in [-0.1, -0.05) is 29.3 Å². The minimum atomic E-state index is -0.973. The van der Waals surface area contributed by atoms with Crippen LogP contribution in [0, 0.1) is 0 Å². The molecule has 0 fully saturated rings. The third-order valence-electron chi connectivity index (χ3n) is 7.78. The van der Waals surface area contributed by atoms with Crippen LogP contribution in [0.15, 0.2) is 42.6 Å². The Labute approximate surface area is 333 Å². The van der Waals surface area contributed by atoms with E-state index >= 15 is 0 Å². The molecule has 0 spiro atoms. The number of ether oxygens (including phenoxy) is 4. The normalized spacial score (nSPS) is 12.3. The predicted molar refractivity (Wildman–Crippen MR) is 210 cm³/mol. The van der Waals surface area contributed by atoms with E-state index in [-0.39, 0.29) is 50.6 Å². The molecule has 1 aromatic heterocycles. The molecule has 5 N–H and O–H groups in total. The number of benzene rings is 1. The van der Waals surface area contributed by atoms with E-state index in [2.05, 4.69) is 20.9 Å². The molecule has 0 aliphatic heterocycles. The van der Waals surface area contributed by atoms with Crippen LogP contribution >= 0.6 is 23.2 Å². The number of halogens is 2. The Morgan fingerprint density at radius 2 is 1.58 bits per heavy atom. The number of hydrogen-bond acceptors (Lipinski definition) is 11. The van der Waals surface area contributed by atoms with Gasteiger partial charge in [0.15, 0.2) is 0 Å². The van der Waals surface area contributed by atoms with Crippen LogP contribution in [-0.2, 0) is 38.1 Å². The quantitative estimate of drug-likeness (QED) is 0.0788. The number of rotatable bonds is 25. The van der Waals surface area contributed by atoms with Crippen LogP contribution in [0.1, 0.15) is 83.7 Å². The van der Waals surface area contributed by atoms with Crippen LogP contribution in [-0.4, -0.2) is 99.6 Å². The topological polar surface area (TPSA) is 201 Å². The van der Waals surface area contributed by atoms with Crippen molar-refractivity contribution in [1.29, 1.82) is 0 Å². The molecule has 0 aliphatic carbocycles. The largest absolute Gasteiger partial charge is 0.469 e. The van der Waals surface area contributed by atoms with Gasteiger partial charge in [0.1, 0.15) is 17.5 Å². The Balaban J connectivity index is 2.04. The maximum absolute atomic E-state index is 13.8. The van der Waals surface area contributed by atoms with Gasteiger partial charge < -0.3 is 40.6 Å². The highest BCUT2D eigenvalue weighted by atomic mass is 35.5. The van der Waals surface area contributed by atoms with Crippen LogP contribution in [0.5, 0.6) is 0 Å². The highest BCUT2D eigenvalue weighted by Crippen LogP contribution is 2.26. The lowest BCUT2D eigenvalue weighted by atomic mass is 10.0. The van der Waals surface area contributed by atoms with Crippen LogP contribution < -0.4 is 26.6 Å². The Morgan fingerprint density at radius 1 is 0.873 bits per heavy atom. The van der Waals surface area contributed by atoms with Gasteiger partial charge >= 0.3 is 12.1 Å². The number of pyridine rings is 1. The van der Waals surface area contributed by atoms with Crippen LogP contribution in [0.4, 0.5) is 10.6 Å². The van der Waals surface area contributed by atoms with Crippen molar-refractivity contribution in [1.82, 2.24) is 20.9 Å². The highest BCUT2D eigenvalue weighted by molar-refractivity contribution is 6.34. The molecule has 15 nitrogen and oxygen atoms in total. The van der Waals surface area contributed by atoms with E-state index in [1.807, 2.05) is 0 Å². The maximum atomic E-state index is 13.8. The standard InChI is InChI=1S/C38H56Cl2N6O9/c1-38(2,3)55-37(51)46(32-12-6-9-16-42-32)18-10-7-13-34(48)44-30(11-5-8-17-43-33(47)14-19-53-21-22-54-20-15-41)36(50)45-31(26-35(49)52-4)27-23-28(39)25-29(40)24-27/h6,9,12,16,23-25,30-31H,5,7-8,10-11,13-15,17-22,26,41H2,1-4H3,(H,43,47)(H,44,48)(H,45,50). The number of aromatic nitrogens is 1. The van der Waals surface area contributed by atoms with Gasteiger partial charge in [0.2, 0.25) is 17.7 Å². The molecule has 0 aliphatic rings. The number of anilines is 1. The zero-order valence-corrected chi connectivity index (χ0v) is 33.7. The number of nitrogens with two attached hydrogens (primary N) is 1. The summed E-state index contributed by atoms with van der Waals surface area (Å²) in [7, 11) is 1.24. The second-order valence-electron chi connectivity index (χ2n) is 13.6. The lowest BCUT2D eigenvalue weighted by molar-refractivity contribution is -0.141. The van der Waals surface area contributed by atoms with Crippen molar-refractivity contribution >= 4 is 58.8 Å². The Morgan fingerprint density at radius 3 is 2.22 bits per heavy atom. The van der Waals surface area contributed by atoms with Crippen LogP contribution in [0.25, 0.3) is 0 Å². The second kappa shape index (κ2) is 25.9. The molecule has 55 heavy (non-hydrogen) atoms. The van der Waals surface area contributed by atoms with Crippen molar-refractivity contribution in [2.24, 2.45) is 5.73 Å². The van der Waals surface area contributed by atoms with Gasteiger partial charge in [-0.25, -0.2) is 9.78 Å². The molecular weight excluding hydrogens is 755 g/mol. The summed E-state index contributed by atoms with van der Waals surface area (Å²) in [6.07, 6.45) is 3.17. The fraction of sp³-hybridized carbons (Fsp3) is 0.579. The van der Waals surface area contributed by atoms with Crippen LogP contribution in [0.3, 0.4) is 0 Å². The molecule has 0 bridgehead atoms. The van der Waals surface area contributed by atoms with Gasteiger partial charge in [0.25, 0.3) is 0 Å². The molecule has 1 heterocycles. The third-order valence-corrected chi connectivity index (χ3v) is 8.22. The number of carbonyl (C=O) groups excluding carboxylic acids is 5. The summed E-state index contributed by atoms with van der Waals surface area (Å²) >= 11 is 12.4. The van der Waals surface area contributed by atoms with E-state index < -0.39 is 35.7 Å². The molecule has 306 valence electrons. The third kappa shape index (κ3) is 20.5. The fourth-order valence-corrected chi connectivity index (χ4v) is 5.67. The number of amides is 4. The molecule has 17 heteroatoms. The van der Waals surface area contributed by atoms with Gasteiger partial charge in [-0.3, -0.25) is 24.1 Å². The Hall–Kier alpha value is -4.02. The molecular formula is C38H56Cl2N6O9. The molecule has 1 aromatic carbocycles. The minimum absolute atomic E-state index is 0.0704. The number of nitrogens with zero attached hydrogens (tertiary/aromatic N) is 2. The zero-order valence-electron chi connectivity index (χ0n) is 32.2. The van der Waals surface area contributed by atoms with Gasteiger partial charge in [-0.15, -0.1) is 0 Å².